The Morgan fingerprint density at radius 1 is 0.778 bits per heavy atom. The van der Waals surface area contributed by atoms with E-state index in [4.69, 9.17) is 33.2 Å². The van der Waals surface area contributed by atoms with Crippen molar-refractivity contribution in [2.24, 2.45) is 0 Å². The van der Waals surface area contributed by atoms with Crippen molar-refractivity contribution in [1.29, 1.82) is 5.26 Å². The van der Waals surface area contributed by atoms with Gasteiger partial charge in [-0.2, -0.15) is 28.8 Å². The number of piperazine rings is 1. The van der Waals surface area contributed by atoms with Crippen molar-refractivity contribution >= 4 is 65.3 Å². The van der Waals surface area contributed by atoms with Gasteiger partial charge >= 0.3 is 30.0 Å². The molecule has 0 aromatic heterocycles. The molecule has 24 heteroatoms. The van der Waals surface area contributed by atoms with E-state index < -0.39 is 52.9 Å². The van der Waals surface area contributed by atoms with Crippen molar-refractivity contribution in [3.8, 4) is 46.3 Å². The number of aromatic hydroxyl groups is 1. The lowest BCUT2D eigenvalue weighted by Crippen LogP contribution is -2.62. The molecule has 81 heavy (non-hydrogen) atoms. The van der Waals surface area contributed by atoms with Crippen LogP contribution in [-0.4, -0.2) is 149 Å². The van der Waals surface area contributed by atoms with Crippen molar-refractivity contribution in [3.63, 3.8) is 0 Å². The van der Waals surface area contributed by atoms with Crippen molar-refractivity contribution in [1.82, 2.24) is 36.4 Å². The van der Waals surface area contributed by atoms with Crippen molar-refractivity contribution < 1.29 is 62.2 Å². The Labute approximate surface area is 480 Å². The maximum Gasteiger partial charge on any atom is 0.331 e. The average Bonchev–Trinajstić information content (AvgIpc) is 1.65. The number of thioether (sulfide) groups is 3. The Balaban J connectivity index is 0.850. The number of aryl methyl sites for hydroxylation is 1. The number of amides is 4. The van der Waals surface area contributed by atoms with E-state index in [2.05, 4.69) is 48.5 Å². The van der Waals surface area contributed by atoms with Gasteiger partial charge in [-0.3, -0.25) is 24.7 Å². The monoisotopic (exact) mass is 1160 g/mol. The highest BCUT2D eigenvalue weighted by Crippen LogP contribution is 2.72. The van der Waals surface area contributed by atoms with Crippen LogP contribution in [-0.2, 0) is 31.1 Å². The van der Waals surface area contributed by atoms with Crippen LogP contribution < -0.4 is 55.0 Å². The normalized spacial score (nSPS) is 33.7. The molecule has 3 aromatic rings. The van der Waals surface area contributed by atoms with Gasteiger partial charge in [-0.15, -0.1) is 11.8 Å². The van der Waals surface area contributed by atoms with Crippen molar-refractivity contribution in [2.45, 2.75) is 153 Å². The number of phenolic OH excluding ortho intramolecular Hbond substituents is 1. The number of hydrogen-bond donors (Lipinski definition) is 6. The molecule has 4 amide bonds. The second-order valence-electron chi connectivity index (χ2n) is 23.0. The van der Waals surface area contributed by atoms with Crippen LogP contribution in [0.3, 0.4) is 0 Å². The molecule has 21 nitrogen and oxygen atoms in total. The van der Waals surface area contributed by atoms with Gasteiger partial charge < -0.3 is 59.5 Å². The fourth-order valence-corrected chi connectivity index (χ4v) is 20.0. The van der Waals surface area contributed by atoms with Gasteiger partial charge in [-0.1, -0.05) is 18.9 Å². The first-order valence-corrected chi connectivity index (χ1v) is 31.3. The predicted molar refractivity (Wildman–Crippen MR) is 297 cm³/mol. The zero-order valence-electron chi connectivity index (χ0n) is 45.3. The fourth-order valence-electron chi connectivity index (χ4n) is 15.2. The number of ether oxygens (including phenoxy) is 7. The topological polar surface area (TPSA) is 260 Å². The summed E-state index contributed by atoms with van der Waals surface area (Å²) in [5.41, 5.74) is 4.31. The number of benzene rings is 3. The number of nitriles is 1. The first-order valence-electron chi connectivity index (χ1n) is 28.2. The minimum atomic E-state index is -1.44. The number of methoxy groups -OCH3 is 2. The van der Waals surface area contributed by atoms with Gasteiger partial charge in [0.2, 0.25) is 6.79 Å². The van der Waals surface area contributed by atoms with Crippen molar-refractivity contribution in [3.05, 3.63) is 62.7 Å². The van der Waals surface area contributed by atoms with Crippen LogP contribution in [0.2, 0.25) is 0 Å². The molecule has 428 valence electrons. The highest BCUT2D eigenvalue weighted by atomic mass is 32.2. The number of phenols is 1. The SMILES string of the molecule is COc1cc2c(cc1O)CCN[C@]21CS[C@@H]2c3c(OC(=O)CCCCC4SCC5NC(=O)NC54)c(C)c4c(c3[C@H](COC1=O)N1C2[C@H]2c3c(cc(C)c(OC)c3OC(=O)CCCCC3SCC5NC(=O)NC53)C3[C@@H]([C@@H]1C#N)N32)OCO4. The highest BCUT2D eigenvalue weighted by molar-refractivity contribution is 8.00. The molecule has 6 N–H and O–H groups in total. The van der Waals surface area contributed by atoms with E-state index in [0.717, 1.165) is 59.4 Å². The highest BCUT2D eigenvalue weighted by Gasteiger charge is 2.73. The fraction of sp³-hybridized carbons (Fsp3) is 0.579. The number of nitrogens with one attached hydrogen (secondary N) is 5. The van der Waals surface area contributed by atoms with Crippen LogP contribution in [0.25, 0.3) is 0 Å². The lowest BCUT2D eigenvalue weighted by Gasteiger charge is -2.55. The smallest absolute Gasteiger partial charge is 0.331 e. The number of urea groups is 2. The average molecular weight is 1170 g/mol. The van der Waals surface area contributed by atoms with Gasteiger partial charge in [0.15, 0.2) is 40.0 Å². The summed E-state index contributed by atoms with van der Waals surface area (Å²) in [6.07, 6.45) is 5.13. The molecule has 3 aromatic carbocycles. The molecule has 0 aliphatic carbocycles. The minimum absolute atomic E-state index is 0.0462. The quantitative estimate of drug-likeness (QED) is 0.0383. The second-order valence-corrected chi connectivity index (χ2v) is 26.7. The van der Waals surface area contributed by atoms with E-state index >= 15 is 4.79 Å². The van der Waals surface area contributed by atoms with Crippen LogP contribution >= 0.6 is 35.3 Å². The molecule has 1 spiro atoms. The summed E-state index contributed by atoms with van der Waals surface area (Å²) < 4.78 is 44.5. The summed E-state index contributed by atoms with van der Waals surface area (Å²) >= 11 is 5.16. The number of rotatable bonds is 14. The number of hydrogen-bond acceptors (Lipinski definition) is 20. The van der Waals surface area contributed by atoms with Gasteiger partial charge in [0, 0.05) is 75.4 Å². The number of esters is 3. The summed E-state index contributed by atoms with van der Waals surface area (Å²) in [6, 6.07) is 5.05. The Morgan fingerprint density at radius 3 is 2.12 bits per heavy atom. The molecule has 12 aliphatic rings. The van der Waals surface area contributed by atoms with Crippen molar-refractivity contribution in [2.75, 3.05) is 51.4 Å². The lowest BCUT2D eigenvalue weighted by atomic mass is 9.76. The zero-order valence-corrected chi connectivity index (χ0v) is 47.7. The van der Waals surface area contributed by atoms with Gasteiger partial charge in [-0.05, 0) is 80.3 Å². The number of unbranched alkanes of at least 4 members (excludes halogenated alkanes) is 2. The molecule has 15 atom stereocenters. The van der Waals surface area contributed by atoms with E-state index in [1.54, 1.807) is 19.2 Å². The van der Waals surface area contributed by atoms with Crippen LogP contribution in [0.1, 0.15) is 119 Å². The second kappa shape index (κ2) is 20.4. The molecular formula is C57H64N8O13S3. The summed E-state index contributed by atoms with van der Waals surface area (Å²) in [7, 11) is 3.04. The van der Waals surface area contributed by atoms with Crippen LogP contribution in [0.4, 0.5) is 9.59 Å². The lowest BCUT2D eigenvalue weighted by molar-refractivity contribution is -0.155. The van der Waals surface area contributed by atoms with Crippen LogP contribution in [0, 0.1) is 25.2 Å². The van der Waals surface area contributed by atoms with Gasteiger partial charge in [0.25, 0.3) is 0 Å². The largest absolute Gasteiger partial charge is 0.504 e. The van der Waals surface area contributed by atoms with E-state index in [1.165, 1.54) is 18.9 Å². The molecule has 9 unspecified atom stereocenters. The molecule has 0 saturated carbocycles. The predicted octanol–water partition coefficient (Wildman–Crippen LogP) is 5.50. The number of nitrogens with zero attached hydrogens (tertiary/aromatic N) is 3. The van der Waals surface area contributed by atoms with E-state index in [1.807, 2.05) is 37.4 Å². The first kappa shape index (κ1) is 53.1. The molecule has 7 saturated heterocycles. The third-order valence-electron chi connectivity index (χ3n) is 18.8. The Hall–Kier alpha value is -5.97. The van der Waals surface area contributed by atoms with E-state index in [0.29, 0.717) is 76.8 Å². The third kappa shape index (κ3) is 8.38. The zero-order chi connectivity index (χ0) is 55.7. The Bertz CT molecular complexity index is 3240. The third-order valence-corrected chi connectivity index (χ3v) is 23.3. The maximum atomic E-state index is 15.2. The summed E-state index contributed by atoms with van der Waals surface area (Å²) in [6.45, 7) is 3.86. The first-order chi connectivity index (χ1) is 39.3. The Kier molecular flexibility index (Phi) is 13.4. The van der Waals surface area contributed by atoms with E-state index in [-0.39, 0.29) is 102 Å². The summed E-state index contributed by atoms with van der Waals surface area (Å²) in [5.74, 6) is 2.51. The number of carbonyl (C=O) groups excluding carboxylic acids is 5. The molecule has 0 radical (unpaired) electrons. The maximum absolute atomic E-state index is 15.2. The van der Waals surface area contributed by atoms with Crippen LogP contribution in [0.15, 0.2) is 18.2 Å². The summed E-state index contributed by atoms with van der Waals surface area (Å²) in [4.78, 5) is 72.8. The van der Waals surface area contributed by atoms with E-state index in [9.17, 15) is 29.5 Å². The summed E-state index contributed by atoms with van der Waals surface area (Å²) in [5, 5.41) is 38.1. The van der Waals surface area contributed by atoms with Crippen LogP contribution in [0.5, 0.6) is 40.2 Å². The molecule has 7 fully saturated rings. The standard InChI is InChI=1S/C57H64N8O13S3/c1-24-15-27-39(52(48(24)73-4)78-38(68)12-8-6-10-36-43-30(21-80-36)61-56(71)63-43)46-47-53-41-40(51-50(75-23-76-51)25(2)49(41)77-37(67)11-7-5-9-35-42-29(20-79-35)60-55(70)62-42)32(64(47)31(18-58)45-44(27)65(45)46)19-74-54(69)57(22-81-53)28-17-34(72-3)33(66)16-26(28)13-14-59-57/h15-17,29-32,35-36,42-47,53,59,66H,5-14,19-23H2,1-4H3,(H2,60,62,70)(H2,61,63,71)/t29?,30?,31-,32-,35?,36?,42?,43?,44?,45+,46+,47?,53+,57+,65?/m0/s1. The van der Waals surface area contributed by atoms with Gasteiger partial charge in [0.05, 0.1) is 73.9 Å². The molecule has 2 bridgehead atoms. The number of carbonyl (C=O) groups is 5. The molecule has 12 heterocycles. The molecule has 12 aliphatic heterocycles. The Morgan fingerprint density at radius 2 is 1.46 bits per heavy atom. The molecule has 15 rings (SSSR count). The molecular weight excluding hydrogens is 1100 g/mol. The number of fused-ring (bicyclic) bond motifs is 11. The van der Waals surface area contributed by atoms with Gasteiger partial charge in [0.1, 0.15) is 18.4 Å². The van der Waals surface area contributed by atoms with Gasteiger partial charge in [-0.25, -0.2) is 14.4 Å². The minimum Gasteiger partial charge on any atom is -0.504 e.